The molecule has 5 rings (SSSR count). The second kappa shape index (κ2) is 13.1. The normalized spacial score (nSPS) is 11.0. The standard InChI is InChI=1S/C34H31N5O2S/c1-23-19-24(2)21-30(20-23)36-33(41)28-12-9-26(10-13-28)22-42-34-38-37-32(39(34)3)27-14-16-29(17-15-27)35-31(40)18-11-25-7-5-4-6-8-25/h4-21H,22H2,1-3H3,(H,35,40)(H,36,41)/b18-11+. The molecular weight excluding hydrogens is 542 g/mol. The Morgan fingerprint density at radius 3 is 2.19 bits per heavy atom. The number of aromatic nitrogens is 3. The summed E-state index contributed by atoms with van der Waals surface area (Å²) in [6.45, 7) is 4.03. The van der Waals surface area contributed by atoms with E-state index in [1.54, 1.807) is 17.8 Å². The van der Waals surface area contributed by atoms with E-state index in [1.807, 2.05) is 116 Å². The van der Waals surface area contributed by atoms with Gasteiger partial charge < -0.3 is 15.2 Å². The van der Waals surface area contributed by atoms with Crippen molar-refractivity contribution in [2.45, 2.75) is 24.8 Å². The molecule has 1 aromatic heterocycles. The quantitative estimate of drug-likeness (QED) is 0.143. The summed E-state index contributed by atoms with van der Waals surface area (Å²) in [5, 5.41) is 15.4. The Bertz CT molecular complexity index is 1710. The number of carbonyl (C=O) groups is 2. The Balaban J connectivity index is 1.15. The highest BCUT2D eigenvalue weighted by molar-refractivity contribution is 7.98. The molecule has 5 aromatic rings. The molecule has 42 heavy (non-hydrogen) atoms. The van der Waals surface area contributed by atoms with Crippen LogP contribution in [0, 0.1) is 13.8 Å². The number of aryl methyl sites for hydroxylation is 2. The molecule has 210 valence electrons. The second-order valence-electron chi connectivity index (χ2n) is 9.99. The minimum absolute atomic E-state index is 0.133. The van der Waals surface area contributed by atoms with Crippen molar-refractivity contribution in [1.82, 2.24) is 14.8 Å². The van der Waals surface area contributed by atoms with E-state index >= 15 is 0 Å². The zero-order valence-electron chi connectivity index (χ0n) is 23.7. The lowest BCUT2D eigenvalue weighted by atomic mass is 10.1. The maximum Gasteiger partial charge on any atom is 0.255 e. The smallest absolute Gasteiger partial charge is 0.255 e. The average Bonchev–Trinajstić information content (AvgIpc) is 3.35. The van der Waals surface area contributed by atoms with Crippen molar-refractivity contribution in [1.29, 1.82) is 0 Å². The van der Waals surface area contributed by atoms with Crippen LogP contribution in [0.15, 0.2) is 108 Å². The number of hydrogen-bond donors (Lipinski definition) is 2. The summed E-state index contributed by atoms with van der Waals surface area (Å²) >= 11 is 1.58. The predicted octanol–water partition coefficient (Wildman–Crippen LogP) is 7.30. The first kappa shape index (κ1) is 28.6. The minimum atomic E-state index is -0.195. The zero-order valence-corrected chi connectivity index (χ0v) is 24.5. The predicted molar refractivity (Wildman–Crippen MR) is 170 cm³/mol. The van der Waals surface area contributed by atoms with Crippen LogP contribution in [0.3, 0.4) is 0 Å². The number of nitrogens with zero attached hydrogens (tertiary/aromatic N) is 3. The second-order valence-corrected chi connectivity index (χ2v) is 10.9. The van der Waals surface area contributed by atoms with Crippen molar-refractivity contribution in [3.05, 3.63) is 131 Å². The van der Waals surface area contributed by atoms with E-state index in [0.29, 0.717) is 17.0 Å². The number of rotatable bonds is 9. The van der Waals surface area contributed by atoms with E-state index in [-0.39, 0.29) is 11.8 Å². The highest BCUT2D eigenvalue weighted by atomic mass is 32.2. The summed E-state index contributed by atoms with van der Waals surface area (Å²) in [7, 11) is 1.93. The number of amides is 2. The first-order valence-corrected chi connectivity index (χ1v) is 14.5. The van der Waals surface area contributed by atoms with E-state index in [4.69, 9.17) is 0 Å². The average molecular weight is 574 g/mol. The van der Waals surface area contributed by atoms with Gasteiger partial charge in [-0.05, 0) is 90.7 Å². The van der Waals surface area contributed by atoms with Gasteiger partial charge in [-0.1, -0.05) is 60.3 Å². The third-order valence-electron chi connectivity index (χ3n) is 6.54. The number of anilines is 2. The van der Waals surface area contributed by atoms with Gasteiger partial charge in [-0.2, -0.15) is 0 Å². The van der Waals surface area contributed by atoms with Gasteiger partial charge in [0, 0.05) is 41.4 Å². The van der Waals surface area contributed by atoms with E-state index in [1.165, 1.54) is 6.08 Å². The molecule has 8 heteroatoms. The number of hydrogen-bond acceptors (Lipinski definition) is 5. The summed E-state index contributed by atoms with van der Waals surface area (Å²) in [6, 6.07) is 30.8. The summed E-state index contributed by atoms with van der Waals surface area (Å²) in [5.74, 6) is 1.09. The van der Waals surface area contributed by atoms with Gasteiger partial charge in [-0.3, -0.25) is 9.59 Å². The Labute approximate surface area is 249 Å². The lowest BCUT2D eigenvalue weighted by Gasteiger charge is -2.08. The summed E-state index contributed by atoms with van der Waals surface area (Å²) in [6.07, 6.45) is 3.30. The molecule has 1 heterocycles. The van der Waals surface area contributed by atoms with Gasteiger partial charge in [0.15, 0.2) is 11.0 Å². The van der Waals surface area contributed by atoms with Crippen LogP contribution in [-0.4, -0.2) is 26.6 Å². The summed E-state index contributed by atoms with van der Waals surface area (Å²) < 4.78 is 1.95. The Kier molecular flexibility index (Phi) is 8.94. The van der Waals surface area contributed by atoms with Gasteiger partial charge in [0.05, 0.1) is 0 Å². The van der Waals surface area contributed by atoms with Crippen LogP contribution >= 0.6 is 11.8 Å². The number of carbonyl (C=O) groups excluding carboxylic acids is 2. The van der Waals surface area contributed by atoms with Gasteiger partial charge >= 0.3 is 0 Å². The molecular formula is C34H31N5O2S. The lowest BCUT2D eigenvalue weighted by molar-refractivity contribution is -0.111. The van der Waals surface area contributed by atoms with Crippen LogP contribution in [0.5, 0.6) is 0 Å². The third kappa shape index (κ3) is 7.41. The van der Waals surface area contributed by atoms with Crippen molar-refractivity contribution < 1.29 is 9.59 Å². The van der Waals surface area contributed by atoms with Gasteiger partial charge in [-0.15, -0.1) is 10.2 Å². The maximum absolute atomic E-state index is 12.7. The molecule has 7 nitrogen and oxygen atoms in total. The summed E-state index contributed by atoms with van der Waals surface area (Å²) in [4.78, 5) is 25.0. The van der Waals surface area contributed by atoms with Crippen LogP contribution in [0.1, 0.15) is 32.6 Å². The topological polar surface area (TPSA) is 88.9 Å². The molecule has 0 radical (unpaired) electrons. The Hall–Kier alpha value is -4.95. The molecule has 0 atom stereocenters. The van der Waals surface area contributed by atoms with Crippen molar-refractivity contribution in [3.63, 3.8) is 0 Å². The monoisotopic (exact) mass is 573 g/mol. The molecule has 2 amide bonds. The zero-order chi connectivity index (χ0) is 29.5. The van der Waals surface area contributed by atoms with Crippen LogP contribution in [0.2, 0.25) is 0 Å². The fourth-order valence-electron chi connectivity index (χ4n) is 4.46. The first-order valence-electron chi connectivity index (χ1n) is 13.5. The van der Waals surface area contributed by atoms with E-state index in [2.05, 4.69) is 26.9 Å². The minimum Gasteiger partial charge on any atom is -0.323 e. The molecule has 0 spiro atoms. The van der Waals surface area contributed by atoms with Gasteiger partial charge in [0.2, 0.25) is 5.91 Å². The van der Waals surface area contributed by atoms with Crippen molar-refractivity contribution in [2.24, 2.45) is 7.05 Å². The Morgan fingerprint density at radius 1 is 0.810 bits per heavy atom. The van der Waals surface area contributed by atoms with Crippen LogP contribution in [-0.2, 0) is 17.6 Å². The highest BCUT2D eigenvalue weighted by Gasteiger charge is 2.13. The largest absolute Gasteiger partial charge is 0.323 e. The van der Waals surface area contributed by atoms with E-state index in [9.17, 15) is 9.59 Å². The molecule has 0 bridgehead atoms. The Morgan fingerprint density at radius 2 is 1.50 bits per heavy atom. The van der Waals surface area contributed by atoms with Crippen molar-refractivity contribution in [3.8, 4) is 11.4 Å². The molecule has 2 N–H and O–H groups in total. The highest BCUT2D eigenvalue weighted by Crippen LogP contribution is 2.26. The van der Waals surface area contributed by atoms with Crippen LogP contribution < -0.4 is 10.6 Å². The molecule has 0 aliphatic rings. The number of benzene rings is 4. The van der Waals surface area contributed by atoms with Crippen molar-refractivity contribution in [2.75, 3.05) is 10.6 Å². The molecule has 0 aliphatic heterocycles. The fourth-order valence-corrected chi connectivity index (χ4v) is 5.33. The number of thioether (sulfide) groups is 1. The van der Waals surface area contributed by atoms with Gasteiger partial charge in [-0.25, -0.2) is 0 Å². The molecule has 0 unspecified atom stereocenters. The maximum atomic E-state index is 12.7. The molecule has 0 aliphatic carbocycles. The molecule has 0 fully saturated rings. The van der Waals surface area contributed by atoms with Gasteiger partial charge in [0.25, 0.3) is 5.91 Å². The number of nitrogens with one attached hydrogen (secondary N) is 2. The van der Waals surface area contributed by atoms with E-state index in [0.717, 1.165) is 44.5 Å². The fraction of sp³-hybridized carbons (Fsp3) is 0.118. The van der Waals surface area contributed by atoms with Crippen LogP contribution in [0.4, 0.5) is 11.4 Å². The molecule has 4 aromatic carbocycles. The lowest BCUT2D eigenvalue weighted by Crippen LogP contribution is -2.12. The van der Waals surface area contributed by atoms with Gasteiger partial charge in [0.1, 0.15) is 0 Å². The SMILES string of the molecule is Cc1cc(C)cc(NC(=O)c2ccc(CSc3nnc(-c4ccc(NC(=O)/C=C/c5ccccc5)cc4)n3C)cc2)c1. The van der Waals surface area contributed by atoms with E-state index < -0.39 is 0 Å². The van der Waals surface area contributed by atoms with Crippen LogP contribution in [0.25, 0.3) is 17.5 Å². The first-order chi connectivity index (χ1) is 20.3. The molecule has 0 saturated heterocycles. The van der Waals surface area contributed by atoms with Crippen molar-refractivity contribution >= 4 is 41.0 Å². The third-order valence-corrected chi connectivity index (χ3v) is 7.63. The summed E-state index contributed by atoms with van der Waals surface area (Å²) in [5.41, 5.74) is 7.26. The molecule has 0 saturated carbocycles.